The first-order chi connectivity index (χ1) is 21.2. The topological polar surface area (TPSA) is 20.5 Å². The Morgan fingerprint density at radius 1 is 0.682 bits per heavy atom. The minimum absolute atomic E-state index is 0.239. The maximum Gasteiger partial charge on any atom is 0.214 e. The van der Waals surface area contributed by atoms with Crippen LogP contribution in [0.4, 0.5) is 15.8 Å². The van der Waals surface area contributed by atoms with Gasteiger partial charge in [0.2, 0.25) is 5.96 Å². The Hall–Kier alpha value is -4.70. The number of para-hydroxylation sites is 3. The highest BCUT2D eigenvalue weighted by Crippen LogP contribution is 2.43. The fourth-order valence-corrected chi connectivity index (χ4v) is 6.47. The molecule has 0 spiro atoms. The van der Waals surface area contributed by atoms with Gasteiger partial charge in [-0.05, 0) is 83.3 Å². The van der Waals surface area contributed by atoms with Crippen molar-refractivity contribution >= 4 is 39.1 Å². The average molecular weight is 582 g/mol. The number of rotatable bonds is 5. The van der Waals surface area contributed by atoms with E-state index >= 15 is 0 Å². The molecule has 0 N–H and O–H groups in total. The van der Waals surface area contributed by atoms with Gasteiger partial charge in [0.1, 0.15) is 5.82 Å². The molecule has 0 unspecified atom stereocenters. The van der Waals surface area contributed by atoms with Crippen LogP contribution in [0.3, 0.4) is 0 Å². The molecule has 0 saturated carbocycles. The highest BCUT2D eigenvalue weighted by Gasteiger charge is 2.29. The molecule has 44 heavy (non-hydrogen) atoms. The maximum atomic E-state index is 13.9. The number of aryl methyl sites for hydroxylation is 2. The first-order valence-electron chi connectivity index (χ1n) is 15.5. The van der Waals surface area contributed by atoms with Gasteiger partial charge in [-0.1, -0.05) is 107 Å². The van der Waals surface area contributed by atoms with Crippen LogP contribution in [-0.4, -0.2) is 17.6 Å². The van der Waals surface area contributed by atoms with Crippen molar-refractivity contribution < 1.29 is 4.39 Å². The van der Waals surface area contributed by atoms with Crippen molar-refractivity contribution in [3.63, 3.8) is 0 Å². The SMILES string of the molecule is CN=C(N(c1cc(-c2ccc(F)cc2)ccc1C)c1c(C(C)C)cccc1C(C)C)n1c2ccccc2c2cccc(C)c21. The summed E-state index contributed by atoms with van der Waals surface area (Å²) in [5, 5.41) is 2.41. The maximum absolute atomic E-state index is 13.9. The molecule has 4 heteroatoms. The van der Waals surface area contributed by atoms with Gasteiger partial charge < -0.3 is 0 Å². The number of hydrogen-bond acceptors (Lipinski definition) is 1. The quantitative estimate of drug-likeness (QED) is 0.146. The van der Waals surface area contributed by atoms with Crippen molar-refractivity contribution in [3.05, 3.63) is 131 Å². The number of halogens is 1. The van der Waals surface area contributed by atoms with Gasteiger partial charge in [0.15, 0.2) is 0 Å². The Bertz CT molecular complexity index is 1990. The molecule has 5 aromatic carbocycles. The number of hydrogen-bond donors (Lipinski definition) is 0. The van der Waals surface area contributed by atoms with Crippen LogP contribution in [0.2, 0.25) is 0 Å². The number of anilines is 2. The van der Waals surface area contributed by atoms with E-state index in [9.17, 15) is 4.39 Å². The molecule has 0 amide bonds. The summed E-state index contributed by atoms with van der Waals surface area (Å²) < 4.78 is 16.2. The first-order valence-corrected chi connectivity index (χ1v) is 15.5. The van der Waals surface area contributed by atoms with Gasteiger partial charge in [0, 0.05) is 17.8 Å². The first kappa shape index (κ1) is 29.4. The Morgan fingerprint density at radius 2 is 1.30 bits per heavy atom. The van der Waals surface area contributed by atoms with Crippen LogP contribution in [-0.2, 0) is 0 Å². The average Bonchev–Trinajstić information content (AvgIpc) is 3.36. The molecule has 0 fully saturated rings. The Kier molecular flexibility index (Phi) is 7.85. The molecular formula is C40H40FN3. The smallest absolute Gasteiger partial charge is 0.214 e. The lowest BCUT2D eigenvalue weighted by Crippen LogP contribution is -2.34. The van der Waals surface area contributed by atoms with Gasteiger partial charge in [-0.3, -0.25) is 14.5 Å². The van der Waals surface area contributed by atoms with Crippen LogP contribution in [0.15, 0.2) is 108 Å². The largest absolute Gasteiger partial charge is 0.280 e. The van der Waals surface area contributed by atoms with Crippen molar-refractivity contribution in [1.82, 2.24) is 4.57 Å². The van der Waals surface area contributed by atoms with E-state index in [1.54, 1.807) is 0 Å². The number of nitrogens with zero attached hydrogens (tertiary/aromatic N) is 3. The van der Waals surface area contributed by atoms with E-state index in [0.29, 0.717) is 0 Å². The summed E-state index contributed by atoms with van der Waals surface area (Å²) in [6, 6.07) is 35.1. The molecule has 0 aliphatic rings. The molecular weight excluding hydrogens is 541 g/mol. The summed E-state index contributed by atoms with van der Waals surface area (Å²) in [5.74, 6) is 1.16. The van der Waals surface area contributed by atoms with Gasteiger partial charge in [0.25, 0.3) is 0 Å². The predicted molar refractivity (Wildman–Crippen MR) is 186 cm³/mol. The lowest BCUT2D eigenvalue weighted by molar-refractivity contribution is 0.628. The summed E-state index contributed by atoms with van der Waals surface area (Å²) in [5.41, 5.74) is 11.3. The van der Waals surface area contributed by atoms with Crippen LogP contribution in [0, 0.1) is 19.7 Å². The third kappa shape index (κ3) is 4.98. The third-order valence-corrected chi connectivity index (χ3v) is 8.69. The molecule has 0 aliphatic heterocycles. The van der Waals surface area contributed by atoms with Crippen molar-refractivity contribution in [2.75, 3.05) is 11.9 Å². The molecule has 3 nitrogen and oxygen atoms in total. The van der Waals surface area contributed by atoms with E-state index in [1.807, 2.05) is 19.2 Å². The zero-order valence-corrected chi connectivity index (χ0v) is 26.7. The number of aromatic nitrogens is 1. The molecule has 0 saturated heterocycles. The monoisotopic (exact) mass is 581 g/mol. The van der Waals surface area contributed by atoms with Crippen molar-refractivity contribution in [2.24, 2.45) is 4.99 Å². The molecule has 222 valence electrons. The van der Waals surface area contributed by atoms with E-state index in [1.165, 1.54) is 39.6 Å². The van der Waals surface area contributed by atoms with E-state index in [0.717, 1.165) is 45.1 Å². The van der Waals surface area contributed by atoms with Crippen LogP contribution in [0.1, 0.15) is 61.8 Å². The minimum atomic E-state index is -0.239. The van der Waals surface area contributed by atoms with Gasteiger partial charge in [-0.15, -0.1) is 0 Å². The Morgan fingerprint density at radius 3 is 1.95 bits per heavy atom. The van der Waals surface area contributed by atoms with Gasteiger partial charge >= 0.3 is 0 Å². The van der Waals surface area contributed by atoms with Crippen LogP contribution in [0.25, 0.3) is 32.9 Å². The lowest BCUT2D eigenvalue weighted by atomic mass is 9.91. The second-order valence-corrected chi connectivity index (χ2v) is 12.3. The summed E-state index contributed by atoms with van der Waals surface area (Å²) >= 11 is 0. The Balaban J connectivity index is 1.74. The van der Waals surface area contributed by atoms with Crippen LogP contribution >= 0.6 is 0 Å². The minimum Gasteiger partial charge on any atom is -0.280 e. The zero-order valence-electron chi connectivity index (χ0n) is 26.7. The highest BCUT2D eigenvalue weighted by molar-refractivity contribution is 6.19. The highest BCUT2D eigenvalue weighted by atomic mass is 19.1. The zero-order chi connectivity index (χ0) is 31.1. The van der Waals surface area contributed by atoms with E-state index in [-0.39, 0.29) is 17.7 Å². The molecule has 1 aromatic heterocycles. The summed E-state index contributed by atoms with van der Waals surface area (Å²) in [4.78, 5) is 7.52. The van der Waals surface area contributed by atoms with Crippen molar-refractivity contribution in [2.45, 2.75) is 53.4 Å². The fraction of sp³-hybridized carbons (Fsp3) is 0.225. The van der Waals surface area contributed by atoms with Crippen LogP contribution < -0.4 is 4.90 Å². The molecule has 6 aromatic rings. The second-order valence-electron chi connectivity index (χ2n) is 12.3. The van der Waals surface area contributed by atoms with Gasteiger partial charge in [-0.25, -0.2) is 4.39 Å². The predicted octanol–water partition coefficient (Wildman–Crippen LogP) is 11.1. The number of aliphatic imine (C=N–C) groups is 1. The summed E-state index contributed by atoms with van der Waals surface area (Å²) in [6.45, 7) is 13.4. The molecule has 1 heterocycles. The van der Waals surface area contributed by atoms with Crippen molar-refractivity contribution in [1.29, 1.82) is 0 Å². The summed E-state index contributed by atoms with van der Waals surface area (Å²) in [6.07, 6.45) is 0. The summed E-state index contributed by atoms with van der Waals surface area (Å²) in [7, 11) is 1.90. The standard InChI is InChI=1S/C40H40FN3/c1-25(2)32-14-11-15-33(26(3)4)39(32)44(37-24-30(19-18-27(37)5)29-20-22-31(41)23-21-29)40(42-7)43-36-17-9-8-13-34(36)35-16-10-12-28(6)38(35)43/h8-26H,1-7H3. The van der Waals surface area contributed by atoms with E-state index < -0.39 is 0 Å². The molecule has 0 bridgehead atoms. The normalized spacial score (nSPS) is 12.2. The van der Waals surface area contributed by atoms with Gasteiger partial charge in [0.05, 0.1) is 22.4 Å². The number of fused-ring (bicyclic) bond motifs is 3. The van der Waals surface area contributed by atoms with Gasteiger partial charge in [-0.2, -0.15) is 0 Å². The number of benzene rings is 5. The fourth-order valence-electron chi connectivity index (χ4n) is 6.47. The Labute approximate surface area is 260 Å². The van der Waals surface area contributed by atoms with E-state index in [4.69, 9.17) is 4.99 Å². The lowest BCUT2D eigenvalue weighted by Gasteiger charge is -2.34. The van der Waals surface area contributed by atoms with Crippen molar-refractivity contribution in [3.8, 4) is 11.1 Å². The van der Waals surface area contributed by atoms with E-state index in [2.05, 4.69) is 130 Å². The van der Waals surface area contributed by atoms with Crippen LogP contribution in [0.5, 0.6) is 0 Å². The molecule has 0 atom stereocenters. The molecule has 0 aliphatic carbocycles. The molecule has 6 rings (SSSR count). The molecule has 0 radical (unpaired) electrons. The third-order valence-electron chi connectivity index (χ3n) is 8.69. The second kappa shape index (κ2) is 11.8.